The number of ether oxygens (including phenoxy) is 1. The van der Waals surface area contributed by atoms with Crippen LogP contribution in [-0.2, 0) is 0 Å². The second kappa shape index (κ2) is 9.19. The molecule has 1 aromatic carbocycles. The highest BCUT2D eigenvalue weighted by Crippen LogP contribution is 2.17. The summed E-state index contributed by atoms with van der Waals surface area (Å²) in [6.07, 6.45) is 0.668. The van der Waals surface area contributed by atoms with Gasteiger partial charge in [0.15, 0.2) is 11.6 Å². The number of halogens is 2. The van der Waals surface area contributed by atoms with Crippen LogP contribution in [0, 0.1) is 17.6 Å². The Bertz CT molecular complexity index is 484. The van der Waals surface area contributed by atoms with Crippen LogP contribution < -0.4 is 15.4 Å². The summed E-state index contributed by atoms with van der Waals surface area (Å²) in [6, 6.07) is 2.27. The highest BCUT2D eigenvalue weighted by Gasteiger charge is 2.12. The molecule has 7 heteroatoms. The zero-order valence-electron chi connectivity index (χ0n) is 12.7. The minimum absolute atomic E-state index is 0.0456. The summed E-state index contributed by atoms with van der Waals surface area (Å²) in [4.78, 5) is 11.6. The molecule has 1 aromatic rings. The third-order valence-corrected chi connectivity index (χ3v) is 2.85. The van der Waals surface area contributed by atoms with Crippen molar-refractivity contribution in [2.24, 2.45) is 5.92 Å². The van der Waals surface area contributed by atoms with Gasteiger partial charge in [-0.2, -0.15) is 0 Å². The maximum Gasteiger partial charge on any atom is 0.315 e. The molecule has 0 saturated heterocycles. The van der Waals surface area contributed by atoms with Crippen LogP contribution in [0.15, 0.2) is 18.2 Å². The summed E-state index contributed by atoms with van der Waals surface area (Å²) in [7, 11) is 0. The first-order valence-corrected chi connectivity index (χ1v) is 7.15. The number of nitrogens with one attached hydrogen (secondary N) is 2. The molecule has 0 saturated carbocycles. The van der Waals surface area contributed by atoms with Gasteiger partial charge in [-0.05, 0) is 24.5 Å². The number of amides is 2. The van der Waals surface area contributed by atoms with Gasteiger partial charge >= 0.3 is 6.03 Å². The van der Waals surface area contributed by atoms with Crippen molar-refractivity contribution in [3.8, 4) is 5.75 Å². The van der Waals surface area contributed by atoms with Crippen molar-refractivity contribution in [1.82, 2.24) is 10.6 Å². The first kappa shape index (κ1) is 18.2. The number of rotatable bonds is 8. The molecule has 124 valence electrons. The van der Waals surface area contributed by atoms with Crippen molar-refractivity contribution >= 4 is 6.03 Å². The lowest BCUT2D eigenvalue weighted by Gasteiger charge is -2.18. The first-order chi connectivity index (χ1) is 10.4. The molecule has 5 nitrogen and oxygen atoms in total. The fourth-order valence-corrected chi connectivity index (χ4v) is 1.90. The fourth-order valence-electron chi connectivity index (χ4n) is 1.90. The van der Waals surface area contributed by atoms with Crippen LogP contribution >= 0.6 is 0 Å². The number of aliphatic hydroxyl groups is 1. The van der Waals surface area contributed by atoms with Gasteiger partial charge < -0.3 is 20.5 Å². The Balaban J connectivity index is 2.27. The fraction of sp³-hybridized carbons (Fsp3) is 0.533. The lowest BCUT2D eigenvalue weighted by atomic mass is 10.0. The lowest BCUT2D eigenvalue weighted by Crippen LogP contribution is -2.45. The zero-order valence-corrected chi connectivity index (χ0v) is 12.7. The van der Waals surface area contributed by atoms with Gasteiger partial charge in [0.05, 0.1) is 19.2 Å². The number of hydrogen-bond donors (Lipinski definition) is 3. The average Bonchev–Trinajstić information content (AvgIpc) is 2.44. The van der Waals surface area contributed by atoms with Crippen LogP contribution in [-0.4, -0.2) is 36.9 Å². The Morgan fingerprint density at radius 2 is 2.09 bits per heavy atom. The van der Waals surface area contributed by atoms with Crippen LogP contribution in [0.4, 0.5) is 13.6 Å². The van der Waals surface area contributed by atoms with Gasteiger partial charge in [0.2, 0.25) is 0 Å². The highest BCUT2D eigenvalue weighted by molar-refractivity contribution is 5.74. The number of benzene rings is 1. The standard InChI is InChI=1S/C15H22F2N2O3/c1-10(2)7-12(9-20)19-15(21)18-5-6-22-14-4-3-11(16)8-13(14)17/h3-4,8,10,12,20H,5-7,9H2,1-2H3,(H2,18,19,21). The largest absolute Gasteiger partial charge is 0.489 e. The van der Waals surface area contributed by atoms with E-state index in [1.807, 2.05) is 13.8 Å². The maximum absolute atomic E-state index is 13.3. The van der Waals surface area contributed by atoms with E-state index >= 15 is 0 Å². The van der Waals surface area contributed by atoms with E-state index in [1.165, 1.54) is 6.07 Å². The van der Waals surface area contributed by atoms with Gasteiger partial charge in [-0.1, -0.05) is 13.8 Å². The molecule has 0 fully saturated rings. The van der Waals surface area contributed by atoms with Crippen molar-refractivity contribution in [3.05, 3.63) is 29.8 Å². The van der Waals surface area contributed by atoms with Crippen molar-refractivity contribution in [2.45, 2.75) is 26.3 Å². The van der Waals surface area contributed by atoms with Gasteiger partial charge in [0.25, 0.3) is 0 Å². The molecule has 3 N–H and O–H groups in total. The van der Waals surface area contributed by atoms with Crippen molar-refractivity contribution in [3.63, 3.8) is 0 Å². The van der Waals surface area contributed by atoms with E-state index in [1.54, 1.807) is 0 Å². The summed E-state index contributed by atoms with van der Waals surface area (Å²) < 4.78 is 31.1. The number of urea groups is 1. The van der Waals surface area contributed by atoms with E-state index in [0.717, 1.165) is 12.1 Å². The molecule has 1 rings (SSSR count). The Labute approximate surface area is 128 Å². The van der Waals surface area contributed by atoms with Gasteiger partial charge in [-0.3, -0.25) is 0 Å². The van der Waals surface area contributed by atoms with Crippen LogP contribution in [0.5, 0.6) is 5.75 Å². The average molecular weight is 316 g/mol. The summed E-state index contributed by atoms with van der Waals surface area (Å²) in [5.41, 5.74) is 0. The second-order valence-corrected chi connectivity index (χ2v) is 5.33. The van der Waals surface area contributed by atoms with E-state index in [-0.39, 0.29) is 31.5 Å². The van der Waals surface area contributed by atoms with Gasteiger partial charge in [0.1, 0.15) is 12.4 Å². The molecule has 0 aliphatic heterocycles. The SMILES string of the molecule is CC(C)CC(CO)NC(=O)NCCOc1ccc(F)cc1F. The third kappa shape index (κ3) is 6.71. The zero-order chi connectivity index (χ0) is 16.5. The Morgan fingerprint density at radius 1 is 1.36 bits per heavy atom. The quantitative estimate of drug-likeness (QED) is 0.643. The third-order valence-electron chi connectivity index (χ3n) is 2.85. The number of aliphatic hydroxyl groups excluding tert-OH is 1. The summed E-state index contributed by atoms with van der Waals surface area (Å²) in [5.74, 6) is -1.19. The van der Waals surface area contributed by atoms with E-state index in [4.69, 9.17) is 9.84 Å². The molecule has 0 heterocycles. The molecular weight excluding hydrogens is 294 g/mol. The Morgan fingerprint density at radius 3 is 2.68 bits per heavy atom. The topological polar surface area (TPSA) is 70.6 Å². The molecule has 0 radical (unpaired) electrons. The normalized spacial score (nSPS) is 12.1. The molecule has 2 amide bonds. The second-order valence-electron chi connectivity index (χ2n) is 5.33. The summed E-state index contributed by atoms with van der Waals surface area (Å²) >= 11 is 0. The minimum Gasteiger partial charge on any atom is -0.489 e. The highest BCUT2D eigenvalue weighted by atomic mass is 19.1. The minimum atomic E-state index is -0.790. The molecule has 22 heavy (non-hydrogen) atoms. The number of carbonyl (C=O) groups is 1. The predicted molar refractivity (Wildman–Crippen MR) is 78.7 cm³/mol. The van der Waals surface area contributed by atoms with Crippen molar-refractivity contribution < 1.29 is 23.4 Å². The van der Waals surface area contributed by atoms with E-state index in [0.29, 0.717) is 12.3 Å². The monoisotopic (exact) mass is 316 g/mol. The molecule has 0 spiro atoms. The lowest BCUT2D eigenvalue weighted by molar-refractivity contribution is 0.205. The molecule has 0 aliphatic carbocycles. The molecule has 1 atom stereocenters. The van der Waals surface area contributed by atoms with Crippen LogP contribution in [0.1, 0.15) is 20.3 Å². The molecule has 0 aliphatic rings. The maximum atomic E-state index is 13.3. The molecular formula is C15H22F2N2O3. The van der Waals surface area contributed by atoms with E-state index < -0.39 is 17.7 Å². The summed E-state index contributed by atoms with van der Waals surface area (Å²) in [5, 5.41) is 14.3. The van der Waals surface area contributed by atoms with Crippen LogP contribution in [0.3, 0.4) is 0 Å². The van der Waals surface area contributed by atoms with Crippen molar-refractivity contribution in [2.75, 3.05) is 19.8 Å². The molecule has 0 aromatic heterocycles. The molecule has 1 unspecified atom stereocenters. The number of hydrogen-bond acceptors (Lipinski definition) is 3. The van der Waals surface area contributed by atoms with Crippen LogP contribution in [0.25, 0.3) is 0 Å². The van der Waals surface area contributed by atoms with E-state index in [2.05, 4.69) is 10.6 Å². The van der Waals surface area contributed by atoms with Gasteiger partial charge in [-0.25, -0.2) is 13.6 Å². The van der Waals surface area contributed by atoms with Gasteiger partial charge in [0, 0.05) is 6.07 Å². The van der Waals surface area contributed by atoms with Crippen LogP contribution in [0.2, 0.25) is 0 Å². The molecule has 0 bridgehead atoms. The van der Waals surface area contributed by atoms with Gasteiger partial charge in [-0.15, -0.1) is 0 Å². The first-order valence-electron chi connectivity index (χ1n) is 7.15. The van der Waals surface area contributed by atoms with Crippen molar-refractivity contribution in [1.29, 1.82) is 0 Å². The smallest absolute Gasteiger partial charge is 0.315 e. The predicted octanol–water partition coefficient (Wildman–Crippen LogP) is 2.05. The summed E-state index contributed by atoms with van der Waals surface area (Å²) in [6.45, 7) is 4.05. The van der Waals surface area contributed by atoms with E-state index in [9.17, 15) is 13.6 Å². The Kier molecular flexibility index (Phi) is 7.59. The number of carbonyl (C=O) groups excluding carboxylic acids is 1. The Hall–Kier alpha value is -1.89.